The van der Waals surface area contributed by atoms with Crippen LogP contribution >= 0.6 is 0 Å². The van der Waals surface area contributed by atoms with E-state index in [-0.39, 0.29) is 0 Å². The van der Waals surface area contributed by atoms with Gasteiger partial charge >= 0.3 is 11.9 Å². The van der Waals surface area contributed by atoms with E-state index < -0.39 is 35.4 Å². The number of nitrogens with zero attached hydrogens (tertiary/aromatic N) is 1. The van der Waals surface area contributed by atoms with Crippen LogP contribution in [-0.2, 0) is 9.59 Å². The van der Waals surface area contributed by atoms with Gasteiger partial charge in [-0.1, -0.05) is 5.76 Å². The Balaban J connectivity index is 3.18. The van der Waals surface area contributed by atoms with Gasteiger partial charge in [0.2, 0.25) is 0 Å². The Morgan fingerprint density at radius 3 is 2.36 bits per heavy atom. The molecule has 1 rings (SSSR count). The van der Waals surface area contributed by atoms with E-state index >= 15 is 0 Å². The van der Waals surface area contributed by atoms with E-state index in [4.69, 9.17) is 15.4 Å². The summed E-state index contributed by atoms with van der Waals surface area (Å²) in [5, 5.41) is 37.4. The predicted octanol–water partition coefficient (Wildman–Crippen LogP) is -1.64. The molecule has 0 radical (unpaired) electrons. The summed E-state index contributed by atoms with van der Waals surface area (Å²) in [5.41, 5.74) is -1.44. The fourth-order valence-electron chi connectivity index (χ4n) is 0.967. The molecule has 0 aromatic rings. The first kappa shape index (κ1) is 10.1. The van der Waals surface area contributed by atoms with Gasteiger partial charge in [0.05, 0.1) is 17.7 Å². The van der Waals surface area contributed by atoms with Crippen molar-refractivity contribution in [3.05, 3.63) is 23.1 Å². The van der Waals surface area contributed by atoms with E-state index in [9.17, 15) is 14.7 Å². The summed E-state index contributed by atoms with van der Waals surface area (Å²) in [6.07, 6.45) is 0.678. The van der Waals surface area contributed by atoms with Crippen LogP contribution in [0.2, 0.25) is 0 Å². The average Bonchev–Trinajstić information content (AvgIpc) is 2.07. The van der Waals surface area contributed by atoms with Gasteiger partial charge in [-0.2, -0.15) is 0 Å². The standard InChI is InChI=1S/C7H7NO6/c9-5-3(6(10)11)1-8(14)2-4(5)7(12)13/h1,9,14H,2H2,(H,10,11)(H,12,13)/p-1. The van der Waals surface area contributed by atoms with Crippen LogP contribution in [0, 0.1) is 0 Å². The molecule has 0 saturated carbocycles. The minimum absolute atomic E-state index is 0.342. The zero-order valence-corrected chi connectivity index (χ0v) is 6.80. The third-order valence-corrected chi connectivity index (χ3v) is 1.61. The summed E-state index contributed by atoms with van der Waals surface area (Å²) in [4.78, 5) is 20.9. The predicted molar refractivity (Wildman–Crippen MR) is 38.9 cm³/mol. The molecule has 0 bridgehead atoms. The fraction of sp³-hybridized carbons (Fsp3) is 0.143. The molecule has 76 valence electrons. The molecular weight excluding hydrogens is 194 g/mol. The maximum atomic E-state index is 11.1. The minimum Gasteiger partial charge on any atom is -0.871 e. The summed E-state index contributed by atoms with van der Waals surface area (Å²) in [5.74, 6) is -4.20. The van der Waals surface area contributed by atoms with Crippen molar-refractivity contribution in [2.75, 3.05) is 6.54 Å². The van der Waals surface area contributed by atoms with Crippen LogP contribution in [0.15, 0.2) is 23.1 Å². The van der Waals surface area contributed by atoms with Crippen LogP contribution in [0.4, 0.5) is 0 Å². The Morgan fingerprint density at radius 2 is 1.93 bits per heavy atom. The second-order valence-corrected chi connectivity index (χ2v) is 2.56. The first-order valence-corrected chi connectivity index (χ1v) is 3.48. The van der Waals surface area contributed by atoms with Gasteiger partial charge in [0.15, 0.2) is 0 Å². The molecule has 0 spiro atoms. The molecule has 7 nitrogen and oxygen atoms in total. The quantitative estimate of drug-likeness (QED) is 0.488. The Bertz CT molecular complexity index is 355. The second-order valence-electron chi connectivity index (χ2n) is 2.56. The lowest BCUT2D eigenvalue weighted by atomic mass is 10.1. The van der Waals surface area contributed by atoms with E-state index in [1.54, 1.807) is 0 Å². The van der Waals surface area contributed by atoms with Crippen molar-refractivity contribution >= 4 is 11.9 Å². The maximum absolute atomic E-state index is 11.1. The first-order valence-electron chi connectivity index (χ1n) is 3.48. The third-order valence-electron chi connectivity index (χ3n) is 1.61. The van der Waals surface area contributed by atoms with E-state index in [2.05, 4.69) is 0 Å². The van der Waals surface area contributed by atoms with Gasteiger partial charge in [0.1, 0.15) is 0 Å². The van der Waals surface area contributed by atoms with Gasteiger partial charge in [-0.05, 0) is 0 Å². The van der Waals surface area contributed by atoms with Gasteiger partial charge in [0, 0.05) is 6.20 Å². The SMILES string of the molecule is O=C(O)C1=CN(O)CC(C(=O)O)=C1[O-]. The molecule has 0 unspecified atom stereocenters. The van der Waals surface area contributed by atoms with Crippen LogP contribution in [-0.4, -0.2) is 39.0 Å². The molecule has 1 aliphatic heterocycles. The van der Waals surface area contributed by atoms with Crippen molar-refractivity contribution < 1.29 is 30.1 Å². The zero-order chi connectivity index (χ0) is 10.9. The van der Waals surface area contributed by atoms with Gasteiger partial charge in [-0.3, -0.25) is 10.3 Å². The summed E-state index contributed by atoms with van der Waals surface area (Å²) < 4.78 is 0. The molecule has 0 saturated heterocycles. The highest BCUT2D eigenvalue weighted by atomic mass is 16.5. The minimum atomic E-state index is -1.58. The van der Waals surface area contributed by atoms with Crippen LogP contribution in [0.3, 0.4) is 0 Å². The molecule has 0 fully saturated rings. The molecule has 1 aliphatic rings. The molecule has 0 amide bonds. The number of hydroxylamine groups is 2. The lowest BCUT2D eigenvalue weighted by Crippen LogP contribution is -2.32. The molecular formula is C7H6NO6-. The Morgan fingerprint density at radius 1 is 1.36 bits per heavy atom. The van der Waals surface area contributed by atoms with E-state index in [1.165, 1.54) is 0 Å². The summed E-state index contributed by atoms with van der Waals surface area (Å²) >= 11 is 0. The van der Waals surface area contributed by atoms with E-state index in [0.717, 1.165) is 0 Å². The lowest BCUT2D eigenvalue weighted by molar-refractivity contribution is -0.300. The molecule has 0 aromatic carbocycles. The summed E-state index contributed by atoms with van der Waals surface area (Å²) in [6, 6.07) is 0. The Labute approximate surface area is 77.8 Å². The second kappa shape index (κ2) is 3.38. The monoisotopic (exact) mass is 200 g/mol. The molecule has 3 N–H and O–H groups in total. The van der Waals surface area contributed by atoms with Crippen molar-refractivity contribution in [3.8, 4) is 0 Å². The van der Waals surface area contributed by atoms with Gasteiger partial charge in [-0.15, -0.1) is 0 Å². The Hall–Kier alpha value is -2.02. The smallest absolute Gasteiger partial charge is 0.336 e. The topological polar surface area (TPSA) is 121 Å². The summed E-state index contributed by atoms with van der Waals surface area (Å²) in [7, 11) is 0. The van der Waals surface area contributed by atoms with E-state index in [1.807, 2.05) is 0 Å². The highest BCUT2D eigenvalue weighted by molar-refractivity contribution is 5.96. The molecule has 14 heavy (non-hydrogen) atoms. The number of rotatable bonds is 2. The molecule has 0 atom stereocenters. The lowest BCUT2D eigenvalue weighted by Gasteiger charge is -2.26. The van der Waals surface area contributed by atoms with Gasteiger partial charge < -0.3 is 15.3 Å². The van der Waals surface area contributed by atoms with Crippen molar-refractivity contribution in [1.82, 2.24) is 5.06 Å². The average molecular weight is 200 g/mol. The van der Waals surface area contributed by atoms with Gasteiger partial charge in [-0.25, -0.2) is 9.59 Å². The largest absolute Gasteiger partial charge is 0.871 e. The number of aliphatic carboxylic acids is 2. The number of carboxylic acid groups (broad SMARTS) is 2. The van der Waals surface area contributed by atoms with Crippen LogP contribution in [0.1, 0.15) is 0 Å². The summed E-state index contributed by atoms with van der Waals surface area (Å²) in [6.45, 7) is -0.523. The number of hydrogen-bond acceptors (Lipinski definition) is 5. The zero-order valence-electron chi connectivity index (χ0n) is 6.80. The number of carboxylic acids is 2. The first-order chi connectivity index (χ1) is 6.43. The molecule has 7 heteroatoms. The van der Waals surface area contributed by atoms with E-state index in [0.29, 0.717) is 11.3 Å². The molecule has 0 aliphatic carbocycles. The van der Waals surface area contributed by atoms with Crippen molar-refractivity contribution in [2.45, 2.75) is 0 Å². The highest BCUT2D eigenvalue weighted by Gasteiger charge is 2.21. The van der Waals surface area contributed by atoms with Crippen molar-refractivity contribution in [2.24, 2.45) is 0 Å². The number of hydrogen-bond donors (Lipinski definition) is 3. The molecule has 1 heterocycles. The van der Waals surface area contributed by atoms with Crippen LogP contribution in [0.5, 0.6) is 0 Å². The maximum Gasteiger partial charge on any atom is 0.336 e. The van der Waals surface area contributed by atoms with Crippen molar-refractivity contribution in [3.63, 3.8) is 0 Å². The van der Waals surface area contributed by atoms with Gasteiger partial charge in [0.25, 0.3) is 0 Å². The molecule has 0 aromatic heterocycles. The normalized spacial score (nSPS) is 16.6. The highest BCUT2D eigenvalue weighted by Crippen LogP contribution is 2.17. The third kappa shape index (κ3) is 1.67. The van der Waals surface area contributed by atoms with Crippen LogP contribution < -0.4 is 5.11 Å². The Kier molecular flexibility index (Phi) is 2.43. The van der Waals surface area contributed by atoms with Crippen LogP contribution in [0.25, 0.3) is 0 Å². The van der Waals surface area contributed by atoms with Crippen molar-refractivity contribution in [1.29, 1.82) is 0 Å². The fourth-order valence-corrected chi connectivity index (χ4v) is 0.967. The number of carbonyl (C=O) groups is 2.